The number of carbonyl (C=O) groups is 1. The summed E-state index contributed by atoms with van der Waals surface area (Å²) in [7, 11) is 0. The van der Waals surface area contributed by atoms with E-state index in [1.54, 1.807) is 24.0 Å². The molecule has 1 saturated heterocycles. The Kier molecular flexibility index (Phi) is 4.01. The average Bonchev–Trinajstić information content (AvgIpc) is 2.54. The van der Waals surface area contributed by atoms with Gasteiger partial charge in [0.15, 0.2) is 0 Å². The van der Waals surface area contributed by atoms with Crippen molar-refractivity contribution in [3.8, 4) is 5.75 Å². The molecule has 1 aromatic carbocycles. The van der Waals surface area contributed by atoms with Gasteiger partial charge in [0.1, 0.15) is 5.75 Å². The highest BCUT2D eigenvalue weighted by atomic mass is 16.3. The van der Waals surface area contributed by atoms with E-state index in [2.05, 4.69) is 9.97 Å². The molecule has 23 heavy (non-hydrogen) atoms. The van der Waals surface area contributed by atoms with E-state index < -0.39 is 0 Å². The van der Waals surface area contributed by atoms with Crippen molar-refractivity contribution in [3.05, 3.63) is 51.9 Å². The molecule has 0 atom stereocenters. The zero-order valence-electron chi connectivity index (χ0n) is 12.8. The summed E-state index contributed by atoms with van der Waals surface area (Å²) >= 11 is 0. The number of aromatic hydroxyl groups is 1. The first-order valence-corrected chi connectivity index (χ1v) is 7.44. The van der Waals surface area contributed by atoms with Gasteiger partial charge in [-0.3, -0.25) is 14.6 Å². The molecule has 7 nitrogen and oxygen atoms in total. The molecular weight excluding hydrogens is 296 g/mol. The number of nitrogens with one attached hydrogen (secondary N) is 1. The highest BCUT2D eigenvalue weighted by Crippen LogP contribution is 2.15. The van der Waals surface area contributed by atoms with Crippen LogP contribution in [0.1, 0.15) is 16.1 Å². The molecule has 120 valence electrons. The van der Waals surface area contributed by atoms with Gasteiger partial charge in [0.05, 0.1) is 0 Å². The van der Waals surface area contributed by atoms with Gasteiger partial charge in [-0.2, -0.15) is 0 Å². The number of hydrogen-bond donors (Lipinski definition) is 2. The summed E-state index contributed by atoms with van der Waals surface area (Å²) in [5.74, 6) is 0.628. The van der Waals surface area contributed by atoms with E-state index in [9.17, 15) is 14.7 Å². The number of amides is 1. The van der Waals surface area contributed by atoms with E-state index in [4.69, 9.17) is 0 Å². The number of benzene rings is 1. The molecule has 1 aliphatic heterocycles. The van der Waals surface area contributed by atoms with E-state index in [1.165, 1.54) is 18.2 Å². The number of phenolic OH excluding ortho intramolecular Hbond substituents is 1. The molecule has 0 radical (unpaired) electrons. The molecule has 1 fully saturated rings. The Balaban J connectivity index is 1.67. The number of carbonyl (C=O) groups excluding carboxylic acids is 1. The molecular formula is C16H18N4O3. The second-order valence-corrected chi connectivity index (χ2v) is 5.54. The van der Waals surface area contributed by atoms with Crippen LogP contribution in [0.5, 0.6) is 5.75 Å². The van der Waals surface area contributed by atoms with Gasteiger partial charge in [-0.25, -0.2) is 4.98 Å². The summed E-state index contributed by atoms with van der Waals surface area (Å²) in [5, 5.41) is 9.29. The van der Waals surface area contributed by atoms with Crippen LogP contribution in [0.25, 0.3) is 0 Å². The van der Waals surface area contributed by atoms with Crippen molar-refractivity contribution in [2.75, 3.05) is 31.1 Å². The first-order valence-electron chi connectivity index (χ1n) is 7.44. The summed E-state index contributed by atoms with van der Waals surface area (Å²) in [6, 6.07) is 7.69. The molecule has 0 unspecified atom stereocenters. The number of rotatable bonds is 2. The molecule has 3 rings (SSSR count). The Labute approximate surface area is 133 Å². The minimum absolute atomic E-state index is 0.0599. The number of anilines is 1. The molecule has 1 aromatic heterocycles. The molecule has 0 saturated carbocycles. The summed E-state index contributed by atoms with van der Waals surface area (Å²) in [6.45, 7) is 4.10. The molecule has 0 aliphatic carbocycles. The predicted octanol–water partition coefficient (Wildman–Crippen LogP) is 0.746. The van der Waals surface area contributed by atoms with Crippen LogP contribution in [0.15, 0.2) is 35.1 Å². The maximum atomic E-state index is 12.4. The third kappa shape index (κ3) is 3.33. The SMILES string of the molecule is Cc1cc(=O)[nH]c(N2CCN(C(=O)c3ccc(O)cc3)CC2)n1. The van der Waals surface area contributed by atoms with Crippen LogP contribution in [-0.4, -0.2) is 52.1 Å². The number of hydrogen-bond acceptors (Lipinski definition) is 5. The molecule has 2 aromatic rings. The van der Waals surface area contributed by atoms with Gasteiger partial charge in [0.25, 0.3) is 11.5 Å². The summed E-state index contributed by atoms with van der Waals surface area (Å²) in [4.78, 5) is 34.7. The Morgan fingerprint density at radius 2 is 1.83 bits per heavy atom. The monoisotopic (exact) mass is 314 g/mol. The van der Waals surface area contributed by atoms with Crippen LogP contribution >= 0.6 is 0 Å². The van der Waals surface area contributed by atoms with Gasteiger partial charge >= 0.3 is 0 Å². The number of nitrogens with zero attached hydrogens (tertiary/aromatic N) is 3. The molecule has 7 heteroatoms. The fraction of sp³-hybridized carbons (Fsp3) is 0.312. The fourth-order valence-electron chi connectivity index (χ4n) is 2.62. The third-order valence-corrected chi connectivity index (χ3v) is 3.84. The summed E-state index contributed by atoms with van der Waals surface area (Å²) < 4.78 is 0. The van der Waals surface area contributed by atoms with Crippen LogP contribution in [0, 0.1) is 6.92 Å². The number of aromatic amines is 1. The van der Waals surface area contributed by atoms with E-state index in [1.807, 2.05) is 4.90 Å². The lowest BCUT2D eigenvalue weighted by Gasteiger charge is -2.35. The molecule has 1 aliphatic rings. The van der Waals surface area contributed by atoms with Crippen LogP contribution in [0.4, 0.5) is 5.95 Å². The second-order valence-electron chi connectivity index (χ2n) is 5.54. The van der Waals surface area contributed by atoms with Gasteiger partial charge in [-0.1, -0.05) is 0 Å². The summed E-state index contributed by atoms with van der Waals surface area (Å²) in [6.07, 6.45) is 0. The van der Waals surface area contributed by atoms with Crippen molar-refractivity contribution in [3.63, 3.8) is 0 Å². The van der Waals surface area contributed by atoms with Crippen LogP contribution in [0.2, 0.25) is 0 Å². The van der Waals surface area contributed by atoms with Crippen LogP contribution < -0.4 is 10.5 Å². The average molecular weight is 314 g/mol. The minimum Gasteiger partial charge on any atom is -0.508 e. The fourth-order valence-corrected chi connectivity index (χ4v) is 2.62. The summed E-state index contributed by atoms with van der Waals surface area (Å²) in [5.41, 5.74) is 1.06. The maximum Gasteiger partial charge on any atom is 0.253 e. The molecule has 2 N–H and O–H groups in total. The van der Waals surface area contributed by atoms with Crippen molar-refractivity contribution in [2.45, 2.75) is 6.92 Å². The Morgan fingerprint density at radius 1 is 1.17 bits per heavy atom. The molecule has 0 spiro atoms. The van der Waals surface area contributed by atoms with E-state index in [0.29, 0.717) is 43.4 Å². The van der Waals surface area contributed by atoms with Gasteiger partial charge in [-0.15, -0.1) is 0 Å². The lowest BCUT2D eigenvalue weighted by molar-refractivity contribution is 0.0746. The third-order valence-electron chi connectivity index (χ3n) is 3.84. The number of phenols is 1. The number of aryl methyl sites for hydroxylation is 1. The quantitative estimate of drug-likeness (QED) is 0.853. The topological polar surface area (TPSA) is 89.5 Å². The van der Waals surface area contributed by atoms with Crippen LogP contribution in [-0.2, 0) is 0 Å². The normalized spacial score (nSPS) is 14.8. The lowest BCUT2D eigenvalue weighted by atomic mass is 10.1. The van der Waals surface area contributed by atoms with E-state index >= 15 is 0 Å². The maximum absolute atomic E-state index is 12.4. The first kappa shape index (κ1) is 15.1. The van der Waals surface area contributed by atoms with Gasteiger partial charge in [0.2, 0.25) is 5.95 Å². The van der Waals surface area contributed by atoms with E-state index in [-0.39, 0.29) is 17.2 Å². The zero-order chi connectivity index (χ0) is 16.4. The lowest BCUT2D eigenvalue weighted by Crippen LogP contribution is -2.49. The smallest absolute Gasteiger partial charge is 0.253 e. The van der Waals surface area contributed by atoms with Crippen molar-refractivity contribution in [2.24, 2.45) is 0 Å². The van der Waals surface area contributed by atoms with Crippen molar-refractivity contribution in [1.82, 2.24) is 14.9 Å². The van der Waals surface area contributed by atoms with Crippen molar-refractivity contribution < 1.29 is 9.90 Å². The predicted molar refractivity (Wildman–Crippen MR) is 85.8 cm³/mol. The molecule has 0 bridgehead atoms. The number of H-pyrrole nitrogens is 1. The highest BCUT2D eigenvalue weighted by molar-refractivity contribution is 5.94. The molecule has 1 amide bonds. The van der Waals surface area contributed by atoms with Crippen LogP contribution in [0.3, 0.4) is 0 Å². The minimum atomic E-state index is -0.171. The van der Waals surface area contributed by atoms with Crippen molar-refractivity contribution in [1.29, 1.82) is 0 Å². The Bertz CT molecular complexity index is 762. The second kappa shape index (κ2) is 6.12. The zero-order valence-corrected chi connectivity index (χ0v) is 12.8. The number of aromatic nitrogens is 2. The van der Waals surface area contributed by atoms with E-state index in [0.717, 1.165) is 0 Å². The van der Waals surface area contributed by atoms with Gasteiger partial charge < -0.3 is 14.9 Å². The Morgan fingerprint density at radius 3 is 2.43 bits per heavy atom. The molecule has 2 heterocycles. The largest absolute Gasteiger partial charge is 0.508 e. The first-order chi connectivity index (χ1) is 11.0. The van der Waals surface area contributed by atoms with Crippen molar-refractivity contribution >= 4 is 11.9 Å². The van der Waals surface area contributed by atoms with Gasteiger partial charge in [0, 0.05) is 43.5 Å². The highest BCUT2D eigenvalue weighted by Gasteiger charge is 2.23. The van der Waals surface area contributed by atoms with Gasteiger partial charge in [-0.05, 0) is 31.2 Å². The standard InChI is InChI=1S/C16H18N4O3/c1-11-10-14(22)18-16(17-11)20-8-6-19(7-9-20)15(23)12-2-4-13(21)5-3-12/h2-5,10,21H,6-9H2,1H3,(H,17,18,22). The Hall–Kier alpha value is -2.83. The number of piperazine rings is 1.